The Balaban J connectivity index is 1.72. The largest absolute Gasteiger partial charge is 0.481 e. The van der Waals surface area contributed by atoms with Gasteiger partial charge in [0.2, 0.25) is 5.91 Å². The van der Waals surface area contributed by atoms with Gasteiger partial charge in [0.15, 0.2) is 0 Å². The van der Waals surface area contributed by atoms with Gasteiger partial charge >= 0.3 is 11.9 Å². The van der Waals surface area contributed by atoms with E-state index in [1.807, 2.05) is 0 Å². The second-order valence-corrected chi connectivity index (χ2v) is 7.16. The molecule has 116 valence electrons. The topological polar surface area (TPSA) is 104 Å². The van der Waals surface area contributed by atoms with Crippen molar-refractivity contribution in [1.82, 2.24) is 5.32 Å². The number of carbonyl (C=O) groups is 3. The van der Waals surface area contributed by atoms with E-state index in [1.54, 1.807) is 0 Å². The first-order chi connectivity index (χ1) is 9.88. The van der Waals surface area contributed by atoms with Crippen LogP contribution in [0.3, 0.4) is 0 Å². The molecule has 0 spiro atoms. The number of carboxylic acids is 2. The molecule has 0 aromatic carbocycles. The second-order valence-electron chi connectivity index (χ2n) is 7.16. The molecule has 4 fully saturated rings. The average molecular weight is 295 g/mol. The average Bonchev–Trinajstić information content (AvgIpc) is 2.35. The Morgan fingerprint density at radius 3 is 1.86 bits per heavy atom. The van der Waals surface area contributed by atoms with Gasteiger partial charge < -0.3 is 15.5 Å². The van der Waals surface area contributed by atoms with Crippen LogP contribution in [0.15, 0.2) is 0 Å². The number of amides is 1. The van der Waals surface area contributed by atoms with Gasteiger partial charge in [0.05, 0.1) is 6.42 Å². The SMILES string of the molecule is O=C(O)C[C@@H](NC(=O)C12CC3CC(CC(C3)C1)C2)C(=O)O. The van der Waals surface area contributed by atoms with Crippen LogP contribution < -0.4 is 5.32 Å². The Morgan fingerprint density at radius 1 is 1.00 bits per heavy atom. The van der Waals surface area contributed by atoms with Crippen molar-refractivity contribution in [2.45, 2.75) is 51.0 Å². The van der Waals surface area contributed by atoms with Gasteiger partial charge in [-0.05, 0) is 56.3 Å². The van der Waals surface area contributed by atoms with E-state index in [9.17, 15) is 14.4 Å². The molecule has 0 aromatic rings. The molecule has 4 saturated carbocycles. The predicted molar refractivity (Wildman–Crippen MR) is 72.4 cm³/mol. The Labute approximate surface area is 122 Å². The highest BCUT2D eigenvalue weighted by Gasteiger charge is 2.55. The molecule has 0 radical (unpaired) electrons. The maximum absolute atomic E-state index is 12.6. The highest BCUT2D eigenvalue weighted by atomic mass is 16.4. The van der Waals surface area contributed by atoms with E-state index in [2.05, 4.69) is 5.32 Å². The van der Waals surface area contributed by atoms with Crippen LogP contribution in [0.1, 0.15) is 44.9 Å². The van der Waals surface area contributed by atoms with Gasteiger partial charge in [-0.25, -0.2) is 4.79 Å². The van der Waals surface area contributed by atoms with Crippen LogP contribution in [-0.4, -0.2) is 34.1 Å². The summed E-state index contributed by atoms with van der Waals surface area (Å²) in [6.45, 7) is 0. The smallest absolute Gasteiger partial charge is 0.326 e. The summed E-state index contributed by atoms with van der Waals surface area (Å²) in [4.78, 5) is 34.5. The molecule has 4 bridgehead atoms. The van der Waals surface area contributed by atoms with Gasteiger partial charge in [-0.3, -0.25) is 9.59 Å². The van der Waals surface area contributed by atoms with Gasteiger partial charge in [-0.1, -0.05) is 0 Å². The van der Waals surface area contributed by atoms with Crippen molar-refractivity contribution in [3.63, 3.8) is 0 Å². The van der Waals surface area contributed by atoms with Crippen molar-refractivity contribution in [3.05, 3.63) is 0 Å². The third-order valence-electron chi connectivity index (χ3n) is 5.50. The zero-order valence-corrected chi connectivity index (χ0v) is 11.9. The van der Waals surface area contributed by atoms with E-state index >= 15 is 0 Å². The van der Waals surface area contributed by atoms with E-state index in [0.29, 0.717) is 17.8 Å². The molecule has 6 nitrogen and oxygen atoms in total. The lowest BCUT2D eigenvalue weighted by Gasteiger charge is -2.55. The molecular formula is C15H21NO5. The molecule has 0 unspecified atom stereocenters. The van der Waals surface area contributed by atoms with Crippen molar-refractivity contribution in [2.75, 3.05) is 0 Å². The zero-order valence-electron chi connectivity index (χ0n) is 11.9. The summed E-state index contributed by atoms with van der Waals surface area (Å²) < 4.78 is 0. The lowest BCUT2D eigenvalue weighted by molar-refractivity contribution is -0.153. The Kier molecular flexibility index (Phi) is 3.42. The molecule has 0 saturated heterocycles. The Bertz CT molecular complexity index is 451. The van der Waals surface area contributed by atoms with E-state index < -0.39 is 29.8 Å². The zero-order chi connectivity index (χ0) is 15.2. The lowest BCUT2D eigenvalue weighted by Crippen LogP contribution is -2.56. The van der Waals surface area contributed by atoms with Gasteiger partial charge in [0, 0.05) is 5.41 Å². The minimum Gasteiger partial charge on any atom is -0.481 e. The quantitative estimate of drug-likeness (QED) is 0.708. The predicted octanol–water partition coefficient (Wildman–Crippen LogP) is 1.25. The maximum Gasteiger partial charge on any atom is 0.326 e. The van der Waals surface area contributed by atoms with E-state index in [4.69, 9.17) is 10.2 Å². The van der Waals surface area contributed by atoms with Gasteiger partial charge in [-0.2, -0.15) is 0 Å². The summed E-state index contributed by atoms with van der Waals surface area (Å²) >= 11 is 0. The molecular weight excluding hydrogens is 274 g/mol. The van der Waals surface area contributed by atoms with Crippen molar-refractivity contribution >= 4 is 17.8 Å². The standard InChI is InChI=1S/C15H21NO5/c17-12(18)4-11(13(19)20)16-14(21)15-5-8-1-9(6-15)3-10(2-8)7-15/h8-11H,1-7H2,(H,16,21)(H,17,18)(H,19,20)/t8?,9?,10?,11-,15?/m1/s1. The number of rotatable bonds is 5. The first-order valence-electron chi connectivity index (χ1n) is 7.63. The molecule has 0 aromatic heterocycles. The maximum atomic E-state index is 12.6. The summed E-state index contributed by atoms with van der Waals surface area (Å²) in [7, 11) is 0. The number of hydrogen-bond donors (Lipinski definition) is 3. The number of hydrogen-bond acceptors (Lipinski definition) is 3. The molecule has 4 aliphatic rings. The molecule has 4 rings (SSSR count). The van der Waals surface area contributed by atoms with Crippen LogP contribution in [0.5, 0.6) is 0 Å². The minimum atomic E-state index is -1.33. The fourth-order valence-corrected chi connectivity index (χ4v) is 5.07. The van der Waals surface area contributed by atoms with Crippen molar-refractivity contribution in [1.29, 1.82) is 0 Å². The van der Waals surface area contributed by atoms with Crippen LogP contribution in [0.25, 0.3) is 0 Å². The van der Waals surface area contributed by atoms with Crippen LogP contribution in [-0.2, 0) is 14.4 Å². The van der Waals surface area contributed by atoms with Crippen LogP contribution in [0, 0.1) is 23.2 Å². The Hall–Kier alpha value is -1.59. The summed E-state index contributed by atoms with van der Waals surface area (Å²) in [5.41, 5.74) is -0.443. The van der Waals surface area contributed by atoms with Gasteiger partial charge in [0.1, 0.15) is 6.04 Å². The van der Waals surface area contributed by atoms with Gasteiger partial charge in [0.25, 0.3) is 0 Å². The van der Waals surface area contributed by atoms with Crippen LogP contribution in [0.4, 0.5) is 0 Å². The Morgan fingerprint density at radius 2 is 1.48 bits per heavy atom. The number of carbonyl (C=O) groups excluding carboxylic acids is 1. The van der Waals surface area contributed by atoms with E-state index in [0.717, 1.165) is 19.3 Å². The van der Waals surface area contributed by atoms with E-state index in [1.165, 1.54) is 19.3 Å². The van der Waals surface area contributed by atoms with E-state index in [-0.39, 0.29) is 5.91 Å². The highest BCUT2D eigenvalue weighted by molar-refractivity contribution is 5.89. The first kappa shape index (κ1) is 14.4. The van der Waals surface area contributed by atoms with Gasteiger partial charge in [-0.15, -0.1) is 0 Å². The molecule has 1 amide bonds. The molecule has 6 heteroatoms. The van der Waals surface area contributed by atoms with Crippen LogP contribution in [0.2, 0.25) is 0 Å². The normalized spacial score (nSPS) is 38.0. The molecule has 1 atom stereocenters. The highest BCUT2D eigenvalue weighted by Crippen LogP contribution is 2.60. The van der Waals surface area contributed by atoms with Crippen molar-refractivity contribution < 1.29 is 24.6 Å². The second kappa shape index (κ2) is 5.00. The molecule has 4 aliphatic carbocycles. The third kappa shape index (κ3) is 2.63. The number of nitrogens with one attached hydrogen (secondary N) is 1. The summed E-state index contributed by atoms with van der Waals surface area (Å²) in [6.07, 6.45) is 5.53. The summed E-state index contributed by atoms with van der Waals surface area (Å²) in [5.74, 6) is -0.974. The van der Waals surface area contributed by atoms with Crippen molar-refractivity contribution in [2.24, 2.45) is 23.2 Å². The molecule has 0 heterocycles. The first-order valence-corrected chi connectivity index (χ1v) is 7.63. The van der Waals surface area contributed by atoms with Crippen LogP contribution >= 0.6 is 0 Å². The number of aliphatic carboxylic acids is 2. The lowest BCUT2D eigenvalue weighted by atomic mass is 9.49. The fraction of sp³-hybridized carbons (Fsp3) is 0.800. The number of carboxylic acid groups (broad SMARTS) is 2. The van der Waals surface area contributed by atoms with Crippen molar-refractivity contribution in [3.8, 4) is 0 Å². The summed E-state index contributed by atoms with van der Waals surface area (Å²) in [5, 5.41) is 20.3. The monoisotopic (exact) mass is 295 g/mol. The molecule has 3 N–H and O–H groups in total. The third-order valence-corrected chi connectivity index (χ3v) is 5.50. The minimum absolute atomic E-state index is 0.241. The fourth-order valence-electron chi connectivity index (χ4n) is 5.07. The molecule has 21 heavy (non-hydrogen) atoms. The molecule has 0 aliphatic heterocycles. The summed E-state index contributed by atoms with van der Waals surface area (Å²) in [6, 6.07) is -1.33.